The number of carbonyl (C=O) groups excluding carboxylic acids is 1. The van der Waals surface area contributed by atoms with Gasteiger partial charge < -0.3 is 9.88 Å². The fourth-order valence-electron chi connectivity index (χ4n) is 3.94. The molecule has 4 nitrogen and oxygen atoms in total. The Morgan fingerprint density at radius 1 is 1.14 bits per heavy atom. The number of halogens is 2. The molecule has 1 aliphatic heterocycles. The average molecular weight is 461 g/mol. The van der Waals surface area contributed by atoms with E-state index in [-0.39, 0.29) is 11.9 Å². The van der Waals surface area contributed by atoms with Crippen molar-refractivity contribution >= 4 is 44.3 Å². The third-order valence-electron chi connectivity index (χ3n) is 5.50. The quantitative estimate of drug-likeness (QED) is 0.596. The van der Waals surface area contributed by atoms with E-state index in [1.807, 2.05) is 48.0 Å². The van der Waals surface area contributed by atoms with Crippen LogP contribution in [0.3, 0.4) is 0 Å². The van der Waals surface area contributed by atoms with Crippen molar-refractivity contribution in [3.63, 3.8) is 0 Å². The molecule has 1 saturated heterocycles. The van der Waals surface area contributed by atoms with Gasteiger partial charge in [0, 0.05) is 48.6 Å². The first kappa shape index (κ1) is 19.5. The number of likely N-dealkylation sites (tertiary alicyclic amines) is 1. The number of fused-ring (bicyclic) bond motifs is 1. The highest BCUT2D eigenvalue weighted by atomic mass is 79.9. The van der Waals surface area contributed by atoms with Gasteiger partial charge in [0.1, 0.15) is 5.69 Å². The highest BCUT2D eigenvalue weighted by Gasteiger charge is 2.24. The van der Waals surface area contributed by atoms with Crippen LogP contribution in [0.25, 0.3) is 10.9 Å². The Morgan fingerprint density at radius 2 is 1.82 bits per heavy atom. The molecule has 1 fully saturated rings. The van der Waals surface area contributed by atoms with Gasteiger partial charge in [0.15, 0.2) is 0 Å². The standard InChI is InChI=1S/C22H23BrClN3O/c1-26-19-5-3-2-4-18(19)20(23)21(26)22(28)25-17-10-12-27(13-11-17)14-15-6-8-16(24)9-7-15/h2-9,17H,10-14H2,1H3,(H,25,28). The topological polar surface area (TPSA) is 37.3 Å². The van der Waals surface area contributed by atoms with Crippen LogP contribution in [-0.2, 0) is 13.6 Å². The van der Waals surface area contributed by atoms with Crippen molar-refractivity contribution in [2.75, 3.05) is 13.1 Å². The number of para-hydroxylation sites is 1. The first-order valence-corrected chi connectivity index (χ1v) is 10.7. The van der Waals surface area contributed by atoms with Crippen molar-refractivity contribution < 1.29 is 4.79 Å². The number of carbonyl (C=O) groups is 1. The van der Waals surface area contributed by atoms with Crippen molar-refractivity contribution in [3.05, 3.63) is 69.3 Å². The maximum atomic E-state index is 12.9. The smallest absolute Gasteiger partial charge is 0.269 e. The van der Waals surface area contributed by atoms with Gasteiger partial charge in [-0.25, -0.2) is 0 Å². The van der Waals surface area contributed by atoms with Crippen LogP contribution >= 0.6 is 27.5 Å². The molecule has 0 spiro atoms. The van der Waals surface area contributed by atoms with E-state index in [2.05, 4.69) is 38.3 Å². The van der Waals surface area contributed by atoms with E-state index in [1.54, 1.807) is 0 Å². The summed E-state index contributed by atoms with van der Waals surface area (Å²) < 4.78 is 2.83. The molecule has 0 aliphatic carbocycles. The van der Waals surface area contributed by atoms with Crippen molar-refractivity contribution in [1.29, 1.82) is 0 Å². The highest BCUT2D eigenvalue weighted by Crippen LogP contribution is 2.30. The zero-order valence-corrected chi connectivity index (χ0v) is 18.1. The molecule has 4 rings (SSSR count). The third-order valence-corrected chi connectivity index (χ3v) is 6.56. The molecule has 0 unspecified atom stereocenters. The summed E-state index contributed by atoms with van der Waals surface area (Å²) >= 11 is 9.58. The van der Waals surface area contributed by atoms with Crippen LogP contribution in [0.4, 0.5) is 0 Å². The minimum absolute atomic E-state index is 0.0123. The van der Waals surface area contributed by atoms with Gasteiger partial charge in [0.2, 0.25) is 0 Å². The number of benzene rings is 2. The molecular weight excluding hydrogens is 438 g/mol. The molecule has 0 saturated carbocycles. The average Bonchev–Trinajstić information content (AvgIpc) is 2.96. The Labute approximate surface area is 178 Å². The minimum atomic E-state index is -0.0123. The van der Waals surface area contributed by atoms with E-state index >= 15 is 0 Å². The molecule has 2 aromatic carbocycles. The summed E-state index contributed by atoms with van der Waals surface area (Å²) in [5, 5.41) is 5.07. The summed E-state index contributed by atoms with van der Waals surface area (Å²) in [5.41, 5.74) is 3.01. The van der Waals surface area contributed by atoms with E-state index in [0.29, 0.717) is 5.69 Å². The lowest BCUT2D eigenvalue weighted by Crippen LogP contribution is -2.44. The molecular formula is C22H23BrClN3O. The Balaban J connectivity index is 1.37. The van der Waals surface area contributed by atoms with E-state index in [4.69, 9.17) is 11.6 Å². The van der Waals surface area contributed by atoms with Gasteiger partial charge >= 0.3 is 0 Å². The second-order valence-corrected chi connectivity index (χ2v) is 8.62. The van der Waals surface area contributed by atoms with Gasteiger partial charge in [-0.1, -0.05) is 41.9 Å². The van der Waals surface area contributed by atoms with E-state index in [9.17, 15) is 4.79 Å². The molecule has 1 aliphatic rings. The van der Waals surface area contributed by atoms with E-state index in [1.165, 1.54) is 5.56 Å². The molecule has 2 heterocycles. The molecule has 0 bridgehead atoms. The monoisotopic (exact) mass is 459 g/mol. The fourth-order valence-corrected chi connectivity index (χ4v) is 4.84. The first-order chi connectivity index (χ1) is 13.5. The van der Waals surface area contributed by atoms with Gasteiger partial charge in [0.05, 0.1) is 4.47 Å². The summed E-state index contributed by atoms with van der Waals surface area (Å²) in [7, 11) is 1.94. The van der Waals surface area contributed by atoms with Crippen molar-refractivity contribution in [3.8, 4) is 0 Å². The second kappa shape index (κ2) is 8.27. The Hall–Kier alpha value is -1.82. The first-order valence-electron chi connectivity index (χ1n) is 9.53. The van der Waals surface area contributed by atoms with Crippen LogP contribution in [0, 0.1) is 0 Å². The van der Waals surface area contributed by atoms with Crippen LogP contribution < -0.4 is 5.32 Å². The predicted octanol–water partition coefficient (Wildman–Crippen LogP) is 4.99. The molecule has 3 aromatic rings. The molecule has 1 N–H and O–H groups in total. The second-order valence-electron chi connectivity index (χ2n) is 7.39. The number of aromatic nitrogens is 1. The maximum Gasteiger partial charge on any atom is 0.269 e. The lowest BCUT2D eigenvalue weighted by Gasteiger charge is -2.32. The van der Waals surface area contributed by atoms with Crippen LogP contribution in [-0.4, -0.2) is 34.5 Å². The largest absolute Gasteiger partial charge is 0.348 e. The summed E-state index contributed by atoms with van der Waals surface area (Å²) in [6.45, 7) is 2.88. The zero-order valence-electron chi connectivity index (χ0n) is 15.8. The van der Waals surface area contributed by atoms with Gasteiger partial charge in [-0.3, -0.25) is 9.69 Å². The maximum absolute atomic E-state index is 12.9. The Morgan fingerprint density at radius 3 is 2.50 bits per heavy atom. The molecule has 0 atom stereocenters. The predicted molar refractivity (Wildman–Crippen MR) is 118 cm³/mol. The van der Waals surface area contributed by atoms with Gasteiger partial charge in [0.25, 0.3) is 5.91 Å². The molecule has 146 valence electrons. The van der Waals surface area contributed by atoms with Crippen LogP contribution in [0.15, 0.2) is 53.0 Å². The number of nitrogens with zero attached hydrogens (tertiary/aromatic N) is 2. The molecule has 1 amide bonds. The molecule has 6 heteroatoms. The fraction of sp³-hybridized carbons (Fsp3) is 0.318. The van der Waals surface area contributed by atoms with E-state index < -0.39 is 0 Å². The SMILES string of the molecule is Cn1c(C(=O)NC2CCN(Cc3ccc(Cl)cc3)CC2)c(Br)c2ccccc21. The van der Waals surface area contributed by atoms with Crippen molar-refractivity contribution in [2.45, 2.75) is 25.4 Å². The van der Waals surface area contributed by atoms with Crippen molar-refractivity contribution in [2.24, 2.45) is 7.05 Å². The van der Waals surface area contributed by atoms with Crippen molar-refractivity contribution in [1.82, 2.24) is 14.8 Å². The van der Waals surface area contributed by atoms with Crippen LogP contribution in [0.1, 0.15) is 28.9 Å². The van der Waals surface area contributed by atoms with Gasteiger partial charge in [-0.2, -0.15) is 0 Å². The molecule has 0 radical (unpaired) electrons. The summed E-state index contributed by atoms with van der Waals surface area (Å²) in [5.74, 6) is -0.0123. The summed E-state index contributed by atoms with van der Waals surface area (Å²) in [4.78, 5) is 15.4. The number of rotatable bonds is 4. The highest BCUT2D eigenvalue weighted by molar-refractivity contribution is 9.10. The normalized spacial score (nSPS) is 15.8. The summed E-state index contributed by atoms with van der Waals surface area (Å²) in [6.07, 6.45) is 1.92. The summed E-state index contributed by atoms with van der Waals surface area (Å²) in [6, 6.07) is 16.3. The third kappa shape index (κ3) is 3.97. The molecule has 28 heavy (non-hydrogen) atoms. The number of aryl methyl sites for hydroxylation is 1. The number of hydrogen-bond acceptors (Lipinski definition) is 2. The number of hydrogen-bond donors (Lipinski definition) is 1. The Kier molecular flexibility index (Phi) is 5.76. The lowest BCUT2D eigenvalue weighted by atomic mass is 10.0. The minimum Gasteiger partial charge on any atom is -0.348 e. The zero-order chi connectivity index (χ0) is 19.7. The Bertz CT molecular complexity index is 952. The number of nitrogens with one attached hydrogen (secondary N) is 1. The van der Waals surface area contributed by atoms with E-state index in [0.717, 1.165) is 52.9 Å². The number of piperidine rings is 1. The van der Waals surface area contributed by atoms with Gasteiger partial charge in [-0.05, 0) is 52.5 Å². The van der Waals surface area contributed by atoms with Crippen LogP contribution in [0.2, 0.25) is 5.02 Å². The lowest BCUT2D eigenvalue weighted by molar-refractivity contribution is 0.0900. The van der Waals surface area contributed by atoms with Crippen LogP contribution in [0.5, 0.6) is 0 Å². The number of amides is 1. The van der Waals surface area contributed by atoms with Gasteiger partial charge in [-0.15, -0.1) is 0 Å². The molecule has 1 aromatic heterocycles.